The highest BCUT2D eigenvalue weighted by molar-refractivity contribution is 5.20. The fourth-order valence-corrected chi connectivity index (χ4v) is 2.08. The van der Waals surface area contributed by atoms with Crippen LogP contribution in [0.2, 0.25) is 0 Å². The van der Waals surface area contributed by atoms with E-state index in [-0.39, 0.29) is 0 Å². The number of hydrogen-bond donors (Lipinski definition) is 0. The van der Waals surface area contributed by atoms with Crippen LogP contribution in [0.1, 0.15) is 54.4 Å². The summed E-state index contributed by atoms with van der Waals surface area (Å²) in [6.07, 6.45) is 1.53. The van der Waals surface area contributed by atoms with E-state index in [1.54, 1.807) is 0 Å². The van der Waals surface area contributed by atoms with Crippen molar-refractivity contribution < 1.29 is 9.47 Å². The van der Waals surface area contributed by atoms with Crippen molar-refractivity contribution in [2.45, 2.75) is 65.6 Å². The van der Waals surface area contributed by atoms with Crippen LogP contribution in [-0.2, 0) is 9.47 Å². The van der Waals surface area contributed by atoms with Gasteiger partial charge in [0.05, 0.1) is 0 Å². The van der Waals surface area contributed by atoms with Gasteiger partial charge in [-0.25, -0.2) is 0 Å². The summed E-state index contributed by atoms with van der Waals surface area (Å²) in [6.45, 7) is 12.2. The van der Waals surface area contributed by atoms with Crippen LogP contribution in [-0.4, -0.2) is 11.2 Å². The second kappa shape index (κ2) is 7.16. The normalized spacial score (nSPS) is 18.1. The summed E-state index contributed by atoms with van der Waals surface area (Å²) in [7, 11) is 10.7. The van der Waals surface area contributed by atoms with Crippen molar-refractivity contribution in [3.8, 4) is 11.8 Å². The molecule has 0 aromatic rings. The van der Waals surface area contributed by atoms with Crippen molar-refractivity contribution >= 4 is 0 Å². The zero-order chi connectivity index (χ0) is 14.4. The molecule has 2 unspecified atom stereocenters. The van der Waals surface area contributed by atoms with E-state index < -0.39 is 11.2 Å². The van der Waals surface area contributed by atoms with Crippen molar-refractivity contribution in [3.05, 3.63) is 14.2 Å². The van der Waals surface area contributed by atoms with Gasteiger partial charge < -0.3 is 9.47 Å². The maximum atomic E-state index is 5.35. The zero-order valence-corrected chi connectivity index (χ0v) is 12.5. The first kappa shape index (κ1) is 17.5. The average molecular weight is 250 g/mol. The molecule has 0 aliphatic carbocycles. The van der Waals surface area contributed by atoms with Crippen LogP contribution >= 0.6 is 0 Å². The third-order valence-corrected chi connectivity index (χ3v) is 2.71. The predicted molar refractivity (Wildman–Crippen MR) is 74.3 cm³/mol. The fourth-order valence-electron chi connectivity index (χ4n) is 2.08. The summed E-state index contributed by atoms with van der Waals surface area (Å²) in [5, 5.41) is 0. The molecule has 0 heterocycles. The maximum Gasteiger partial charge on any atom is 0.126 e. The Morgan fingerprint density at radius 2 is 1.11 bits per heavy atom. The Bertz CT molecular complexity index is 270. The van der Waals surface area contributed by atoms with Crippen LogP contribution in [0.15, 0.2) is 0 Å². The zero-order valence-electron chi connectivity index (χ0n) is 12.5. The van der Waals surface area contributed by atoms with E-state index in [1.165, 1.54) is 0 Å². The Morgan fingerprint density at radius 3 is 1.28 bits per heavy atom. The molecule has 0 saturated heterocycles. The average Bonchev–Trinajstić information content (AvgIpc) is 2.25. The number of rotatable bonds is 6. The van der Waals surface area contributed by atoms with Gasteiger partial charge in [-0.1, -0.05) is 39.5 Å². The minimum absolute atomic E-state index is 0.447. The molecule has 0 amide bonds. The van der Waals surface area contributed by atoms with Crippen LogP contribution < -0.4 is 0 Å². The molecule has 0 N–H and O–H groups in total. The summed E-state index contributed by atoms with van der Waals surface area (Å²) >= 11 is 0. The molecule has 0 spiro atoms. The third kappa shape index (κ3) is 6.42. The first-order valence-corrected chi connectivity index (χ1v) is 6.46. The molecule has 4 radical (unpaired) electrons. The highest BCUT2D eigenvalue weighted by atomic mass is 16.5. The van der Waals surface area contributed by atoms with Crippen molar-refractivity contribution in [3.63, 3.8) is 0 Å². The van der Waals surface area contributed by atoms with E-state index in [9.17, 15) is 0 Å². The molecule has 0 aromatic heterocycles. The molecule has 0 aromatic carbocycles. The molecule has 0 aliphatic heterocycles. The van der Waals surface area contributed by atoms with Crippen molar-refractivity contribution in [2.24, 2.45) is 11.8 Å². The molecular weight excluding hydrogens is 224 g/mol. The molecule has 102 valence electrons. The molecule has 0 aliphatic rings. The largest absolute Gasteiger partial charge is 0.354 e. The smallest absolute Gasteiger partial charge is 0.126 e. The van der Waals surface area contributed by atoms with Crippen molar-refractivity contribution in [1.82, 2.24) is 0 Å². The minimum Gasteiger partial charge on any atom is -0.354 e. The lowest BCUT2D eigenvalue weighted by atomic mass is 9.90. The first-order valence-electron chi connectivity index (χ1n) is 6.46. The number of ether oxygens (including phenoxy) is 2. The van der Waals surface area contributed by atoms with Crippen molar-refractivity contribution in [1.29, 1.82) is 0 Å². The van der Waals surface area contributed by atoms with Gasteiger partial charge in [-0.3, -0.25) is 0 Å². The fraction of sp³-hybridized carbons (Fsp3) is 0.750. The van der Waals surface area contributed by atoms with Gasteiger partial charge in [0.25, 0.3) is 0 Å². The van der Waals surface area contributed by atoms with Crippen LogP contribution in [0.5, 0.6) is 0 Å². The van der Waals surface area contributed by atoms with Gasteiger partial charge in [-0.15, -0.1) is 0 Å². The number of hydrogen-bond acceptors (Lipinski definition) is 2. The van der Waals surface area contributed by atoms with E-state index in [4.69, 9.17) is 23.7 Å². The van der Waals surface area contributed by atoms with E-state index in [2.05, 4.69) is 39.5 Å². The van der Waals surface area contributed by atoms with Gasteiger partial charge >= 0.3 is 0 Å². The summed E-state index contributed by atoms with van der Waals surface area (Å²) in [5.74, 6) is 7.04. The lowest BCUT2D eigenvalue weighted by Gasteiger charge is -2.27. The SMILES string of the molecule is [CH]OC(C)(C#CC(C)(CC(C)C)O[CH])CC(C)C. The molecule has 2 heteroatoms. The van der Waals surface area contributed by atoms with Gasteiger partial charge in [0.15, 0.2) is 0 Å². The topological polar surface area (TPSA) is 18.5 Å². The van der Waals surface area contributed by atoms with E-state index >= 15 is 0 Å². The Kier molecular flexibility index (Phi) is 6.96. The minimum atomic E-state index is -0.662. The van der Waals surface area contributed by atoms with Crippen LogP contribution in [0.3, 0.4) is 0 Å². The Labute approximate surface area is 113 Å². The molecule has 0 saturated carbocycles. The van der Waals surface area contributed by atoms with E-state index in [0.717, 1.165) is 12.8 Å². The first-order chi connectivity index (χ1) is 8.16. The Balaban J connectivity index is 4.96. The van der Waals surface area contributed by atoms with Gasteiger partial charge in [0.1, 0.15) is 25.4 Å². The molecule has 2 nitrogen and oxygen atoms in total. The summed E-state index contributed by atoms with van der Waals surface area (Å²) in [6, 6.07) is 0. The quantitative estimate of drug-likeness (QED) is 0.664. The summed E-state index contributed by atoms with van der Waals surface area (Å²) in [4.78, 5) is 0. The highest BCUT2D eigenvalue weighted by Gasteiger charge is 2.26. The Morgan fingerprint density at radius 1 is 0.833 bits per heavy atom. The lowest BCUT2D eigenvalue weighted by Crippen LogP contribution is -2.30. The molecule has 18 heavy (non-hydrogen) atoms. The second-order valence-corrected chi connectivity index (χ2v) is 6.14. The monoisotopic (exact) mass is 250 g/mol. The predicted octanol–water partition coefficient (Wildman–Crippen LogP) is 3.97. The molecule has 0 fully saturated rings. The van der Waals surface area contributed by atoms with Crippen LogP contribution in [0.25, 0.3) is 0 Å². The van der Waals surface area contributed by atoms with Gasteiger partial charge in [-0.05, 0) is 38.5 Å². The third-order valence-electron chi connectivity index (χ3n) is 2.71. The van der Waals surface area contributed by atoms with E-state index in [1.807, 2.05) is 13.8 Å². The standard InChI is InChI=1S/C16H26O2/c1-13(2)11-15(5,17-7)9-10-16(6,18-8)12-14(3)4/h7-8,13-14H,11-12H2,1-6H3. The van der Waals surface area contributed by atoms with Crippen LogP contribution in [0, 0.1) is 37.9 Å². The summed E-state index contributed by atoms with van der Waals surface area (Å²) < 4.78 is 10.0. The summed E-state index contributed by atoms with van der Waals surface area (Å²) in [5.41, 5.74) is -1.32. The molecule has 2 atom stereocenters. The second-order valence-electron chi connectivity index (χ2n) is 6.14. The maximum absolute atomic E-state index is 5.35. The van der Waals surface area contributed by atoms with Gasteiger partial charge in [0, 0.05) is 0 Å². The molecular formula is C16H26O2. The molecule has 0 rings (SSSR count). The van der Waals surface area contributed by atoms with Crippen LogP contribution in [0.4, 0.5) is 0 Å². The Hall–Kier alpha value is -0.520. The molecule has 0 bridgehead atoms. The van der Waals surface area contributed by atoms with Crippen molar-refractivity contribution in [2.75, 3.05) is 0 Å². The highest BCUT2D eigenvalue weighted by Crippen LogP contribution is 2.23. The lowest BCUT2D eigenvalue weighted by molar-refractivity contribution is 0.0587. The van der Waals surface area contributed by atoms with Gasteiger partial charge in [0.2, 0.25) is 0 Å². The van der Waals surface area contributed by atoms with E-state index in [0.29, 0.717) is 11.8 Å². The van der Waals surface area contributed by atoms with Gasteiger partial charge in [-0.2, -0.15) is 0 Å².